The predicted molar refractivity (Wildman–Crippen MR) is 100 cm³/mol. The van der Waals surface area contributed by atoms with Crippen LogP contribution in [0.15, 0.2) is 30.5 Å². The Morgan fingerprint density at radius 3 is 2.72 bits per heavy atom. The van der Waals surface area contributed by atoms with Crippen molar-refractivity contribution in [2.75, 3.05) is 12.3 Å². The molecule has 0 aliphatic rings. The van der Waals surface area contributed by atoms with Crippen LogP contribution in [0.3, 0.4) is 0 Å². The molecule has 0 aliphatic heterocycles. The lowest BCUT2D eigenvalue weighted by Gasteiger charge is -2.17. The summed E-state index contributed by atoms with van der Waals surface area (Å²) in [5.41, 5.74) is 1.92. The monoisotopic (exact) mass is 361 g/mol. The minimum atomic E-state index is -0.722. The minimum absolute atomic E-state index is 0.0343. The third-order valence-corrected chi connectivity index (χ3v) is 4.75. The molecule has 1 aromatic heterocycles. The van der Waals surface area contributed by atoms with Crippen molar-refractivity contribution in [3.05, 3.63) is 36.0 Å². The highest BCUT2D eigenvalue weighted by molar-refractivity contribution is 8.13. The number of aromatic amines is 1. The predicted octanol–water partition coefficient (Wildman–Crippen LogP) is 2.00. The van der Waals surface area contributed by atoms with Crippen LogP contribution in [0.2, 0.25) is 0 Å². The Balaban J connectivity index is 2.04. The second-order valence-corrected chi connectivity index (χ2v) is 6.91. The van der Waals surface area contributed by atoms with Crippen molar-refractivity contribution in [1.82, 2.24) is 15.6 Å². The average molecular weight is 361 g/mol. The van der Waals surface area contributed by atoms with Gasteiger partial charge in [-0.25, -0.2) is 0 Å². The molecule has 2 amide bonds. The number of hydrogen-bond acceptors (Lipinski definition) is 4. The summed E-state index contributed by atoms with van der Waals surface area (Å²) in [6, 6.07) is 7.06. The van der Waals surface area contributed by atoms with Crippen molar-refractivity contribution in [1.29, 1.82) is 0 Å². The molecular weight excluding hydrogens is 338 g/mol. The smallest absolute Gasteiger partial charge is 0.243 e. The van der Waals surface area contributed by atoms with Crippen molar-refractivity contribution in [2.24, 2.45) is 0 Å². The molecule has 7 heteroatoms. The maximum absolute atomic E-state index is 12.4. The van der Waals surface area contributed by atoms with Crippen LogP contribution in [0.1, 0.15) is 25.8 Å². The van der Waals surface area contributed by atoms with Gasteiger partial charge in [0.25, 0.3) is 0 Å². The van der Waals surface area contributed by atoms with Gasteiger partial charge < -0.3 is 15.6 Å². The molecule has 0 spiro atoms. The quantitative estimate of drug-likeness (QED) is 0.671. The number of para-hydroxylation sites is 1. The maximum atomic E-state index is 12.4. The van der Waals surface area contributed by atoms with Gasteiger partial charge in [-0.15, -0.1) is 0 Å². The highest BCUT2D eigenvalue weighted by atomic mass is 32.2. The number of carbonyl (C=O) groups is 3. The maximum Gasteiger partial charge on any atom is 0.243 e. The van der Waals surface area contributed by atoms with Gasteiger partial charge in [0.1, 0.15) is 6.04 Å². The fraction of sp³-hybridized carbons (Fsp3) is 0.389. The molecule has 134 valence electrons. The van der Waals surface area contributed by atoms with Crippen molar-refractivity contribution < 1.29 is 14.4 Å². The van der Waals surface area contributed by atoms with Crippen LogP contribution < -0.4 is 10.6 Å². The number of carbonyl (C=O) groups excluding carboxylic acids is 3. The SMILES string of the molecule is CCCSC(=O)CNC(=O)[C@H](Cc1c[nH]c2ccccc12)NC(C)=O. The number of rotatable bonds is 8. The van der Waals surface area contributed by atoms with E-state index < -0.39 is 6.04 Å². The summed E-state index contributed by atoms with van der Waals surface area (Å²) in [4.78, 5) is 38.7. The summed E-state index contributed by atoms with van der Waals surface area (Å²) < 4.78 is 0. The van der Waals surface area contributed by atoms with E-state index in [0.29, 0.717) is 6.42 Å². The molecule has 2 aromatic rings. The summed E-state index contributed by atoms with van der Waals surface area (Å²) >= 11 is 1.21. The molecule has 1 heterocycles. The summed E-state index contributed by atoms with van der Waals surface area (Å²) in [6.45, 7) is 3.33. The third-order valence-electron chi connectivity index (χ3n) is 3.67. The van der Waals surface area contributed by atoms with Gasteiger partial charge in [-0.1, -0.05) is 36.9 Å². The van der Waals surface area contributed by atoms with Gasteiger partial charge in [-0.05, 0) is 18.1 Å². The average Bonchev–Trinajstić information content (AvgIpc) is 3.00. The molecule has 0 radical (unpaired) electrons. The van der Waals surface area contributed by atoms with Gasteiger partial charge in [-0.3, -0.25) is 14.4 Å². The van der Waals surface area contributed by atoms with E-state index in [-0.39, 0.29) is 23.5 Å². The summed E-state index contributed by atoms with van der Waals surface area (Å²) in [7, 11) is 0. The molecule has 3 N–H and O–H groups in total. The first-order chi connectivity index (χ1) is 12.0. The van der Waals surface area contributed by atoms with Crippen LogP contribution in [0.25, 0.3) is 10.9 Å². The van der Waals surface area contributed by atoms with Gasteiger partial charge in [-0.2, -0.15) is 0 Å². The van der Waals surface area contributed by atoms with E-state index in [1.54, 1.807) is 0 Å². The Hall–Kier alpha value is -2.28. The lowest BCUT2D eigenvalue weighted by molar-refractivity contribution is -0.128. The highest BCUT2D eigenvalue weighted by Gasteiger charge is 2.21. The Morgan fingerprint density at radius 1 is 1.24 bits per heavy atom. The number of aromatic nitrogens is 1. The van der Waals surface area contributed by atoms with Crippen LogP contribution in [0.5, 0.6) is 0 Å². The Kier molecular flexibility index (Phi) is 7.06. The molecule has 0 saturated heterocycles. The van der Waals surface area contributed by atoms with Crippen LogP contribution in [0, 0.1) is 0 Å². The molecule has 2 rings (SSSR count). The van der Waals surface area contributed by atoms with E-state index in [1.165, 1.54) is 18.7 Å². The standard InChI is InChI=1S/C18H23N3O3S/c1-3-8-25-17(23)11-20-18(24)16(21-12(2)22)9-13-10-19-15-7-5-4-6-14(13)15/h4-7,10,16,19H,3,8-9,11H2,1-2H3,(H,20,24)(H,21,22)/t16-/m0/s1. The number of H-pyrrole nitrogens is 1. The van der Waals surface area contributed by atoms with Gasteiger partial charge in [0.05, 0.1) is 6.54 Å². The molecule has 1 atom stereocenters. The van der Waals surface area contributed by atoms with E-state index in [4.69, 9.17) is 0 Å². The number of amides is 2. The van der Waals surface area contributed by atoms with E-state index in [9.17, 15) is 14.4 Å². The lowest BCUT2D eigenvalue weighted by atomic mass is 10.0. The Labute approximate surface area is 151 Å². The topological polar surface area (TPSA) is 91.1 Å². The number of fused-ring (bicyclic) bond motifs is 1. The van der Waals surface area contributed by atoms with E-state index in [2.05, 4.69) is 15.6 Å². The van der Waals surface area contributed by atoms with Crippen LogP contribution in [-0.4, -0.2) is 40.3 Å². The van der Waals surface area contributed by atoms with Crippen LogP contribution in [-0.2, 0) is 20.8 Å². The third kappa shape index (κ3) is 5.63. The summed E-state index contributed by atoms with van der Waals surface area (Å²) in [5.74, 6) is 0.0942. The van der Waals surface area contributed by atoms with Crippen LogP contribution in [0.4, 0.5) is 0 Å². The zero-order valence-corrected chi connectivity index (χ0v) is 15.2. The molecular formula is C18H23N3O3S. The molecule has 0 unspecified atom stereocenters. The Bertz CT molecular complexity index is 757. The summed E-state index contributed by atoms with van der Waals surface area (Å²) in [5, 5.41) is 6.22. The second kappa shape index (κ2) is 9.27. The fourth-order valence-corrected chi connectivity index (χ4v) is 3.13. The van der Waals surface area contributed by atoms with Crippen molar-refractivity contribution in [3.8, 4) is 0 Å². The van der Waals surface area contributed by atoms with Crippen molar-refractivity contribution >= 4 is 39.6 Å². The Morgan fingerprint density at radius 2 is 2.00 bits per heavy atom. The van der Waals surface area contributed by atoms with E-state index >= 15 is 0 Å². The zero-order chi connectivity index (χ0) is 18.2. The number of nitrogens with one attached hydrogen (secondary N) is 3. The number of thioether (sulfide) groups is 1. The molecule has 0 bridgehead atoms. The number of benzene rings is 1. The van der Waals surface area contributed by atoms with Crippen molar-refractivity contribution in [2.45, 2.75) is 32.7 Å². The molecule has 25 heavy (non-hydrogen) atoms. The molecule has 0 fully saturated rings. The van der Waals surface area contributed by atoms with Crippen molar-refractivity contribution in [3.63, 3.8) is 0 Å². The first-order valence-corrected chi connectivity index (χ1v) is 9.25. The molecule has 0 saturated carbocycles. The zero-order valence-electron chi connectivity index (χ0n) is 14.4. The molecule has 6 nitrogen and oxygen atoms in total. The van der Waals surface area contributed by atoms with E-state index in [1.807, 2.05) is 37.4 Å². The summed E-state index contributed by atoms with van der Waals surface area (Å²) in [6.07, 6.45) is 3.10. The van der Waals surface area contributed by atoms with Gasteiger partial charge in [0.15, 0.2) is 0 Å². The fourth-order valence-electron chi connectivity index (χ4n) is 2.52. The molecule has 1 aromatic carbocycles. The van der Waals surface area contributed by atoms with E-state index in [0.717, 1.165) is 28.6 Å². The largest absolute Gasteiger partial charge is 0.361 e. The first-order valence-electron chi connectivity index (χ1n) is 8.26. The van der Waals surface area contributed by atoms with Gasteiger partial charge in [0.2, 0.25) is 16.9 Å². The van der Waals surface area contributed by atoms with Gasteiger partial charge >= 0.3 is 0 Å². The normalized spacial score (nSPS) is 11.9. The lowest BCUT2D eigenvalue weighted by Crippen LogP contribution is -2.48. The molecule has 0 aliphatic carbocycles. The highest BCUT2D eigenvalue weighted by Crippen LogP contribution is 2.19. The second-order valence-electron chi connectivity index (χ2n) is 5.76. The minimum Gasteiger partial charge on any atom is -0.361 e. The first kappa shape index (κ1) is 19.1. The number of hydrogen-bond donors (Lipinski definition) is 3. The van der Waals surface area contributed by atoms with Crippen LogP contribution >= 0.6 is 11.8 Å². The van der Waals surface area contributed by atoms with Gasteiger partial charge in [0, 0.05) is 36.2 Å².